The van der Waals surface area contributed by atoms with E-state index in [2.05, 4.69) is 0 Å². The molecule has 3 aromatic rings. The molecule has 7 nitrogen and oxygen atoms in total. The first-order valence-electron chi connectivity index (χ1n) is 10.5. The van der Waals surface area contributed by atoms with E-state index in [-0.39, 0.29) is 24.4 Å². The maximum Gasteiger partial charge on any atom is 0.264 e. The van der Waals surface area contributed by atoms with Crippen LogP contribution >= 0.6 is 22.7 Å². The SMILES string of the molecule is COCCN(CC(=O)N1N=C(c2cccs2)C[C@H]1c1ccccc1OC)C(=O)c1cccs1. The molecule has 33 heavy (non-hydrogen) atoms. The van der Waals surface area contributed by atoms with Crippen molar-refractivity contribution in [3.05, 3.63) is 74.6 Å². The van der Waals surface area contributed by atoms with Gasteiger partial charge in [0.15, 0.2) is 0 Å². The van der Waals surface area contributed by atoms with Crippen LogP contribution in [0.5, 0.6) is 5.75 Å². The smallest absolute Gasteiger partial charge is 0.264 e. The van der Waals surface area contributed by atoms with Crippen LogP contribution < -0.4 is 4.74 Å². The van der Waals surface area contributed by atoms with E-state index in [0.717, 1.165) is 16.2 Å². The third-order valence-corrected chi connectivity index (χ3v) is 7.16. The average Bonchev–Trinajstić information content (AvgIpc) is 3.62. The fraction of sp³-hybridized carbons (Fsp3) is 0.292. The van der Waals surface area contributed by atoms with E-state index < -0.39 is 0 Å². The van der Waals surface area contributed by atoms with Crippen molar-refractivity contribution in [3.8, 4) is 5.75 Å². The second-order valence-electron chi connectivity index (χ2n) is 7.42. The Kier molecular flexibility index (Phi) is 7.54. The highest BCUT2D eigenvalue weighted by molar-refractivity contribution is 7.12. The molecule has 0 spiro atoms. The molecular weight excluding hydrogens is 458 g/mol. The quantitative estimate of drug-likeness (QED) is 0.455. The molecule has 0 fully saturated rings. The van der Waals surface area contributed by atoms with Crippen molar-refractivity contribution in [2.45, 2.75) is 12.5 Å². The van der Waals surface area contributed by atoms with Crippen LogP contribution in [0.25, 0.3) is 0 Å². The van der Waals surface area contributed by atoms with E-state index in [1.807, 2.05) is 53.2 Å². The predicted octanol–water partition coefficient (Wildman–Crippen LogP) is 4.28. The third kappa shape index (κ3) is 5.16. The molecule has 9 heteroatoms. The lowest BCUT2D eigenvalue weighted by molar-refractivity contribution is -0.133. The third-order valence-electron chi connectivity index (χ3n) is 5.38. The Balaban J connectivity index is 1.63. The fourth-order valence-electron chi connectivity index (χ4n) is 3.76. The van der Waals surface area contributed by atoms with Crippen molar-refractivity contribution in [2.24, 2.45) is 5.10 Å². The number of para-hydroxylation sites is 1. The van der Waals surface area contributed by atoms with E-state index >= 15 is 0 Å². The number of hydrogen-bond donors (Lipinski definition) is 0. The topological polar surface area (TPSA) is 71.4 Å². The molecule has 1 aliphatic heterocycles. The minimum Gasteiger partial charge on any atom is -0.496 e. The summed E-state index contributed by atoms with van der Waals surface area (Å²) in [6.45, 7) is 0.560. The molecule has 1 aromatic carbocycles. The van der Waals surface area contributed by atoms with Crippen LogP contribution in [0.2, 0.25) is 0 Å². The minimum atomic E-state index is -0.313. The predicted molar refractivity (Wildman–Crippen MR) is 130 cm³/mol. The van der Waals surface area contributed by atoms with Crippen molar-refractivity contribution in [1.82, 2.24) is 9.91 Å². The highest BCUT2D eigenvalue weighted by Crippen LogP contribution is 2.38. The van der Waals surface area contributed by atoms with Crippen molar-refractivity contribution in [2.75, 3.05) is 33.9 Å². The summed E-state index contributed by atoms with van der Waals surface area (Å²) in [7, 11) is 3.19. The van der Waals surface area contributed by atoms with E-state index in [0.29, 0.717) is 30.2 Å². The van der Waals surface area contributed by atoms with Gasteiger partial charge in [0.05, 0.1) is 35.2 Å². The van der Waals surface area contributed by atoms with Crippen molar-refractivity contribution in [1.29, 1.82) is 0 Å². The Morgan fingerprint density at radius 2 is 1.88 bits per heavy atom. The maximum absolute atomic E-state index is 13.5. The molecule has 2 aromatic heterocycles. The number of nitrogens with zero attached hydrogens (tertiary/aromatic N) is 3. The first-order valence-corrected chi connectivity index (χ1v) is 12.3. The summed E-state index contributed by atoms with van der Waals surface area (Å²) in [5.41, 5.74) is 1.74. The Morgan fingerprint density at radius 1 is 1.09 bits per heavy atom. The number of carbonyl (C=O) groups is 2. The first-order chi connectivity index (χ1) is 16.1. The monoisotopic (exact) mass is 483 g/mol. The van der Waals surface area contributed by atoms with Gasteiger partial charge in [0.1, 0.15) is 12.3 Å². The van der Waals surface area contributed by atoms with Gasteiger partial charge in [-0.1, -0.05) is 30.3 Å². The van der Waals surface area contributed by atoms with Gasteiger partial charge < -0.3 is 14.4 Å². The lowest BCUT2D eigenvalue weighted by Gasteiger charge is -2.27. The van der Waals surface area contributed by atoms with Crippen LogP contribution in [-0.2, 0) is 9.53 Å². The number of ether oxygens (including phenoxy) is 2. The molecule has 1 atom stereocenters. The first kappa shape index (κ1) is 23.2. The van der Waals surface area contributed by atoms with E-state index in [9.17, 15) is 9.59 Å². The van der Waals surface area contributed by atoms with Crippen LogP contribution in [0.4, 0.5) is 0 Å². The standard InChI is InChI=1S/C24H25N3O4S2/c1-30-12-11-26(24(29)22-10-6-14-33-22)16-23(28)27-19(17-7-3-4-8-20(17)31-2)15-18(25-27)21-9-5-13-32-21/h3-10,13-14,19H,11-12,15-16H2,1-2H3/t19-/m0/s1. The molecule has 0 N–H and O–H groups in total. The van der Waals surface area contributed by atoms with Gasteiger partial charge in [0.25, 0.3) is 11.8 Å². The number of thiophene rings is 2. The van der Waals surface area contributed by atoms with Gasteiger partial charge in [-0.15, -0.1) is 22.7 Å². The van der Waals surface area contributed by atoms with Gasteiger partial charge in [0, 0.05) is 25.6 Å². The molecule has 0 aliphatic carbocycles. The molecular formula is C24H25N3O4S2. The number of methoxy groups -OCH3 is 2. The Labute approximate surface area is 200 Å². The summed E-state index contributed by atoms with van der Waals surface area (Å²) in [4.78, 5) is 29.7. The molecule has 4 rings (SSSR count). The number of amides is 2. The van der Waals surface area contributed by atoms with Crippen LogP contribution in [0.3, 0.4) is 0 Å². The summed E-state index contributed by atoms with van der Waals surface area (Å²) in [5, 5.41) is 10.1. The highest BCUT2D eigenvalue weighted by atomic mass is 32.1. The lowest BCUT2D eigenvalue weighted by atomic mass is 10.00. The Bertz CT molecular complexity index is 1110. The van der Waals surface area contributed by atoms with Gasteiger partial charge in [-0.2, -0.15) is 5.10 Å². The number of rotatable bonds is 9. The van der Waals surface area contributed by atoms with Gasteiger partial charge >= 0.3 is 0 Å². The van der Waals surface area contributed by atoms with E-state index in [1.165, 1.54) is 21.2 Å². The van der Waals surface area contributed by atoms with Crippen LogP contribution in [0.1, 0.15) is 32.6 Å². The van der Waals surface area contributed by atoms with E-state index in [4.69, 9.17) is 14.6 Å². The molecule has 0 bridgehead atoms. The average molecular weight is 484 g/mol. The number of hydrogen-bond acceptors (Lipinski definition) is 7. The fourth-order valence-corrected chi connectivity index (χ4v) is 5.17. The lowest BCUT2D eigenvalue weighted by Crippen LogP contribution is -2.42. The Hall–Kier alpha value is -3.01. The zero-order valence-corrected chi connectivity index (χ0v) is 20.1. The second kappa shape index (κ2) is 10.7. The molecule has 2 amide bonds. The van der Waals surface area contributed by atoms with Crippen molar-refractivity contribution >= 4 is 40.2 Å². The van der Waals surface area contributed by atoms with Crippen LogP contribution in [0.15, 0.2) is 64.4 Å². The number of benzene rings is 1. The zero-order valence-electron chi connectivity index (χ0n) is 18.5. The zero-order chi connectivity index (χ0) is 23.2. The van der Waals surface area contributed by atoms with Crippen molar-refractivity contribution < 1.29 is 19.1 Å². The molecule has 0 saturated carbocycles. The van der Waals surface area contributed by atoms with Crippen LogP contribution in [-0.4, -0.2) is 61.4 Å². The molecule has 0 saturated heterocycles. The summed E-state index contributed by atoms with van der Waals surface area (Å²) < 4.78 is 10.7. The van der Waals surface area contributed by atoms with Gasteiger partial charge in [-0.3, -0.25) is 9.59 Å². The molecule has 1 aliphatic rings. The largest absolute Gasteiger partial charge is 0.496 e. The summed E-state index contributed by atoms with van der Waals surface area (Å²) in [6.07, 6.45) is 0.573. The van der Waals surface area contributed by atoms with Crippen LogP contribution in [0, 0.1) is 0 Å². The number of hydrazone groups is 1. The normalized spacial score (nSPS) is 15.4. The second-order valence-corrected chi connectivity index (χ2v) is 9.32. The van der Waals surface area contributed by atoms with E-state index in [1.54, 1.807) is 31.6 Å². The maximum atomic E-state index is 13.5. The molecule has 172 valence electrons. The van der Waals surface area contributed by atoms with Gasteiger partial charge in [0.2, 0.25) is 0 Å². The molecule has 0 unspecified atom stereocenters. The molecule has 3 heterocycles. The molecule has 0 radical (unpaired) electrons. The van der Waals surface area contributed by atoms with Crippen molar-refractivity contribution in [3.63, 3.8) is 0 Å². The van der Waals surface area contributed by atoms with Gasteiger partial charge in [-0.25, -0.2) is 5.01 Å². The summed E-state index contributed by atoms with van der Waals surface area (Å²) in [5.74, 6) is 0.262. The summed E-state index contributed by atoms with van der Waals surface area (Å²) in [6, 6.07) is 14.9. The number of carbonyl (C=O) groups excluding carboxylic acids is 2. The Morgan fingerprint density at radius 3 is 2.58 bits per heavy atom. The highest BCUT2D eigenvalue weighted by Gasteiger charge is 2.36. The van der Waals surface area contributed by atoms with Gasteiger partial charge in [-0.05, 0) is 29.0 Å². The minimum absolute atomic E-state index is 0.0903. The summed E-state index contributed by atoms with van der Waals surface area (Å²) >= 11 is 2.94.